The van der Waals surface area contributed by atoms with Crippen molar-refractivity contribution in [3.63, 3.8) is 0 Å². The van der Waals surface area contributed by atoms with Crippen molar-refractivity contribution in [3.8, 4) is 5.75 Å². The molecule has 2 N–H and O–H groups in total. The summed E-state index contributed by atoms with van der Waals surface area (Å²) in [6.45, 7) is 14.5. The van der Waals surface area contributed by atoms with Gasteiger partial charge in [0.05, 0.1) is 25.5 Å². The summed E-state index contributed by atoms with van der Waals surface area (Å²) in [4.78, 5) is 9.16. The average Bonchev–Trinajstić information content (AvgIpc) is 2.53. The van der Waals surface area contributed by atoms with Gasteiger partial charge in [0.15, 0.2) is 5.96 Å². The van der Waals surface area contributed by atoms with Gasteiger partial charge in [0.25, 0.3) is 0 Å². The normalized spacial score (nSPS) is 13.5. The number of methoxy groups -OCH3 is 2. The van der Waals surface area contributed by atoms with Gasteiger partial charge in [-0.3, -0.25) is 4.98 Å². The molecule has 0 saturated carbocycles. The number of aryl methyl sites for hydroxylation is 1. The van der Waals surface area contributed by atoms with Crippen LogP contribution in [0.4, 0.5) is 0 Å². The van der Waals surface area contributed by atoms with Crippen molar-refractivity contribution in [3.05, 3.63) is 23.0 Å². The summed E-state index contributed by atoms with van der Waals surface area (Å²) < 4.78 is 11.1. The highest BCUT2D eigenvalue weighted by atomic mass is 16.5. The topological polar surface area (TPSA) is 67.8 Å². The number of ether oxygens (including phenoxy) is 2. The SMILES string of the molecule is CCNC(=NCc1ncc(C)c(OC)c1C)NCC(OC)C(C)(C)C. The first-order valence-corrected chi connectivity index (χ1v) is 8.78. The van der Waals surface area contributed by atoms with E-state index >= 15 is 0 Å². The molecule has 1 aromatic heterocycles. The Bertz CT molecular complexity index is 580. The van der Waals surface area contributed by atoms with Crippen molar-refractivity contribution in [1.29, 1.82) is 0 Å². The third kappa shape index (κ3) is 6.20. The predicted octanol–water partition coefficient (Wildman–Crippen LogP) is 2.82. The van der Waals surface area contributed by atoms with Gasteiger partial charge in [0, 0.05) is 37.5 Å². The van der Waals surface area contributed by atoms with E-state index in [0.29, 0.717) is 13.1 Å². The van der Waals surface area contributed by atoms with Crippen LogP contribution in [0.3, 0.4) is 0 Å². The van der Waals surface area contributed by atoms with Gasteiger partial charge < -0.3 is 20.1 Å². The minimum atomic E-state index is 0.0571. The number of hydrogen-bond acceptors (Lipinski definition) is 4. The van der Waals surface area contributed by atoms with Crippen molar-refractivity contribution < 1.29 is 9.47 Å². The molecule has 0 aliphatic heterocycles. The quantitative estimate of drug-likeness (QED) is 0.585. The summed E-state index contributed by atoms with van der Waals surface area (Å²) >= 11 is 0. The highest BCUT2D eigenvalue weighted by Gasteiger charge is 2.24. The van der Waals surface area contributed by atoms with Crippen LogP contribution in [0, 0.1) is 19.3 Å². The highest BCUT2D eigenvalue weighted by Crippen LogP contribution is 2.24. The highest BCUT2D eigenvalue weighted by molar-refractivity contribution is 5.79. The van der Waals surface area contributed by atoms with E-state index in [-0.39, 0.29) is 11.5 Å². The maximum atomic E-state index is 5.59. The van der Waals surface area contributed by atoms with E-state index in [9.17, 15) is 0 Å². The van der Waals surface area contributed by atoms with Crippen LogP contribution in [0.1, 0.15) is 44.5 Å². The van der Waals surface area contributed by atoms with Crippen LogP contribution in [0.5, 0.6) is 5.75 Å². The molecule has 0 spiro atoms. The number of nitrogens with one attached hydrogen (secondary N) is 2. The fourth-order valence-electron chi connectivity index (χ4n) is 2.66. The molecule has 0 fully saturated rings. The molecule has 1 rings (SSSR count). The molecule has 1 aromatic rings. The number of pyridine rings is 1. The first-order valence-electron chi connectivity index (χ1n) is 8.78. The summed E-state index contributed by atoms with van der Waals surface area (Å²) in [7, 11) is 3.43. The molecule has 0 aliphatic carbocycles. The van der Waals surface area contributed by atoms with Crippen LogP contribution < -0.4 is 15.4 Å². The van der Waals surface area contributed by atoms with E-state index in [1.807, 2.05) is 27.0 Å². The number of hydrogen-bond donors (Lipinski definition) is 2. The van der Waals surface area contributed by atoms with Gasteiger partial charge in [0.1, 0.15) is 5.75 Å². The number of rotatable bonds is 7. The Morgan fingerprint density at radius 1 is 1.24 bits per heavy atom. The van der Waals surface area contributed by atoms with Crippen molar-refractivity contribution >= 4 is 5.96 Å². The van der Waals surface area contributed by atoms with Crippen LogP contribution in [0.25, 0.3) is 0 Å². The molecule has 1 heterocycles. The largest absolute Gasteiger partial charge is 0.496 e. The second-order valence-corrected chi connectivity index (χ2v) is 7.21. The third-order valence-corrected chi connectivity index (χ3v) is 4.19. The second kappa shape index (κ2) is 9.61. The van der Waals surface area contributed by atoms with E-state index in [2.05, 4.69) is 41.4 Å². The standard InChI is InChI=1S/C19H34N4O2/c1-9-20-18(23-12-16(24-7)19(4,5)6)22-11-15-14(3)17(25-8)13(2)10-21-15/h10,16H,9,11-12H2,1-8H3,(H2,20,22,23). The Kier molecular flexibility index (Phi) is 8.16. The number of guanidine groups is 1. The fraction of sp³-hybridized carbons (Fsp3) is 0.684. The lowest BCUT2D eigenvalue weighted by molar-refractivity contribution is 0.0205. The molecule has 0 aromatic carbocycles. The summed E-state index contributed by atoms with van der Waals surface area (Å²) in [5.74, 6) is 1.64. The molecule has 0 bridgehead atoms. The molecule has 0 saturated heterocycles. The molecule has 142 valence electrons. The zero-order chi connectivity index (χ0) is 19.0. The van der Waals surface area contributed by atoms with Crippen molar-refractivity contribution in [1.82, 2.24) is 15.6 Å². The fourth-order valence-corrected chi connectivity index (χ4v) is 2.66. The molecule has 0 amide bonds. The van der Waals surface area contributed by atoms with E-state index < -0.39 is 0 Å². The third-order valence-electron chi connectivity index (χ3n) is 4.19. The maximum absolute atomic E-state index is 5.59. The molecule has 0 aliphatic rings. The molecular weight excluding hydrogens is 316 g/mol. The van der Waals surface area contributed by atoms with Crippen LogP contribution in [0.2, 0.25) is 0 Å². The molecule has 6 heteroatoms. The number of aromatic nitrogens is 1. The molecule has 1 atom stereocenters. The van der Waals surface area contributed by atoms with Crippen LogP contribution in [-0.2, 0) is 11.3 Å². The van der Waals surface area contributed by atoms with Gasteiger partial charge in [-0.05, 0) is 26.2 Å². The van der Waals surface area contributed by atoms with Gasteiger partial charge in [-0.2, -0.15) is 0 Å². The van der Waals surface area contributed by atoms with Gasteiger partial charge in [0.2, 0.25) is 0 Å². The molecule has 6 nitrogen and oxygen atoms in total. The maximum Gasteiger partial charge on any atom is 0.191 e. The summed E-state index contributed by atoms with van der Waals surface area (Å²) in [6, 6.07) is 0. The number of aliphatic imine (C=N–C) groups is 1. The molecule has 25 heavy (non-hydrogen) atoms. The minimum absolute atomic E-state index is 0.0571. The zero-order valence-electron chi connectivity index (χ0n) is 17.0. The lowest BCUT2D eigenvalue weighted by Crippen LogP contribution is -2.45. The minimum Gasteiger partial charge on any atom is -0.496 e. The van der Waals surface area contributed by atoms with E-state index in [0.717, 1.165) is 35.1 Å². The smallest absolute Gasteiger partial charge is 0.191 e. The van der Waals surface area contributed by atoms with Gasteiger partial charge in [-0.25, -0.2) is 4.99 Å². The van der Waals surface area contributed by atoms with Gasteiger partial charge in [-0.15, -0.1) is 0 Å². The average molecular weight is 351 g/mol. The molecule has 1 unspecified atom stereocenters. The van der Waals surface area contributed by atoms with Crippen molar-refractivity contribution in [2.45, 2.75) is 54.2 Å². The van der Waals surface area contributed by atoms with Crippen LogP contribution in [0.15, 0.2) is 11.2 Å². The van der Waals surface area contributed by atoms with E-state index in [4.69, 9.17) is 9.47 Å². The van der Waals surface area contributed by atoms with Crippen LogP contribution >= 0.6 is 0 Å². The predicted molar refractivity (Wildman–Crippen MR) is 103 cm³/mol. The Hall–Kier alpha value is -1.82. The summed E-state index contributed by atoms with van der Waals surface area (Å²) in [5, 5.41) is 6.63. The summed E-state index contributed by atoms with van der Waals surface area (Å²) in [5.41, 5.74) is 3.04. The first-order chi connectivity index (χ1) is 11.7. The zero-order valence-corrected chi connectivity index (χ0v) is 17.0. The lowest BCUT2D eigenvalue weighted by atomic mass is 9.89. The summed E-state index contributed by atoms with van der Waals surface area (Å²) in [6.07, 6.45) is 1.92. The van der Waals surface area contributed by atoms with Crippen molar-refractivity contribution in [2.24, 2.45) is 10.4 Å². The van der Waals surface area contributed by atoms with Crippen molar-refractivity contribution in [2.75, 3.05) is 27.3 Å². The Morgan fingerprint density at radius 2 is 1.92 bits per heavy atom. The van der Waals surface area contributed by atoms with Gasteiger partial charge in [-0.1, -0.05) is 20.8 Å². The monoisotopic (exact) mass is 350 g/mol. The Labute approximate surface area is 152 Å². The molecular formula is C19H34N4O2. The van der Waals surface area contributed by atoms with E-state index in [1.165, 1.54) is 0 Å². The lowest BCUT2D eigenvalue weighted by Gasteiger charge is -2.30. The Morgan fingerprint density at radius 3 is 2.44 bits per heavy atom. The van der Waals surface area contributed by atoms with Crippen LogP contribution in [-0.4, -0.2) is 44.4 Å². The second-order valence-electron chi connectivity index (χ2n) is 7.21. The molecule has 0 radical (unpaired) electrons. The van der Waals surface area contributed by atoms with E-state index in [1.54, 1.807) is 14.2 Å². The van der Waals surface area contributed by atoms with Gasteiger partial charge >= 0.3 is 0 Å². The number of nitrogens with zero attached hydrogens (tertiary/aromatic N) is 2. The Balaban J connectivity index is 2.86. The first kappa shape index (κ1) is 21.2.